The number of carbonyl (C=O) groups excluding carboxylic acids is 2. The Balaban J connectivity index is 1.73. The van der Waals surface area contributed by atoms with Crippen LogP contribution in [0.25, 0.3) is 5.57 Å². The maximum Gasteiger partial charge on any atom is 0.272 e. The number of methoxy groups -OCH3 is 1. The first-order valence-corrected chi connectivity index (χ1v) is 11.2. The van der Waals surface area contributed by atoms with Crippen LogP contribution in [0.3, 0.4) is 0 Å². The molecule has 2 amide bonds. The van der Waals surface area contributed by atoms with Crippen LogP contribution >= 0.6 is 11.8 Å². The summed E-state index contributed by atoms with van der Waals surface area (Å²) < 4.78 is 10.9. The molecular formula is C26H23NO4S. The normalized spacial score (nSPS) is 13.6. The molecule has 4 rings (SSSR count). The minimum Gasteiger partial charge on any atom is -0.497 e. The van der Waals surface area contributed by atoms with E-state index in [1.165, 1.54) is 16.7 Å². The fourth-order valence-electron chi connectivity index (χ4n) is 3.37. The molecule has 1 aliphatic heterocycles. The number of carbonyl (C=O) groups is 2. The quantitative estimate of drug-likeness (QED) is 0.425. The van der Waals surface area contributed by atoms with E-state index < -0.39 is 0 Å². The van der Waals surface area contributed by atoms with E-state index >= 15 is 0 Å². The highest BCUT2D eigenvalue weighted by Crippen LogP contribution is 2.41. The smallest absolute Gasteiger partial charge is 0.272 e. The van der Waals surface area contributed by atoms with Gasteiger partial charge in [0.25, 0.3) is 11.8 Å². The van der Waals surface area contributed by atoms with Crippen LogP contribution in [0.5, 0.6) is 11.5 Å². The van der Waals surface area contributed by atoms with Gasteiger partial charge in [-0.25, -0.2) is 4.90 Å². The van der Waals surface area contributed by atoms with Crippen LogP contribution in [0, 0.1) is 0 Å². The summed E-state index contributed by atoms with van der Waals surface area (Å²) in [7, 11) is 1.57. The Kier molecular flexibility index (Phi) is 6.61. The van der Waals surface area contributed by atoms with Gasteiger partial charge in [-0.2, -0.15) is 0 Å². The molecule has 6 heteroatoms. The molecule has 0 spiro atoms. The van der Waals surface area contributed by atoms with E-state index in [1.807, 2.05) is 61.5 Å². The number of ether oxygens (including phenoxy) is 2. The summed E-state index contributed by atoms with van der Waals surface area (Å²) in [4.78, 5) is 29.5. The zero-order valence-electron chi connectivity index (χ0n) is 17.9. The van der Waals surface area contributed by atoms with Crippen molar-refractivity contribution in [3.63, 3.8) is 0 Å². The lowest BCUT2D eigenvalue weighted by Crippen LogP contribution is -2.31. The Hall–Kier alpha value is -3.51. The van der Waals surface area contributed by atoms with Crippen LogP contribution in [0.1, 0.15) is 18.9 Å². The van der Waals surface area contributed by atoms with E-state index in [9.17, 15) is 9.59 Å². The standard InChI is InChI=1S/C26H23NO4S/c1-3-17-31-21-13-9-18(10-14-21)23-24(32-22-7-5-4-6-8-22)26(29)27(25(23)28)19-11-15-20(30-2)16-12-19/h4-16H,3,17H2,1-2H3. The molecule has 1 heterocycles. The Labute approximate surface area is 191 Å². The summed E-state index contributed by atoms with van der Waals surface area (Å²) in [6, 6.07) is 23.8. The molecule has 3 aromatic rings. The Morgan fingerprint density at radius 2 is 1.47 bits per heavy atom. The first-order valence-electron chi connectivity index (χ1n) is 10.4. The van der Waals surface area contributed by atoms with Crippen molar-refractivity contribution in [2.75, 3.05) is 18.6 Å². The number of thioether (sulfide) groups is 1. The third kappa shape index (κ3) is 4.41. The van der Waals surface area contributed by atoms with Crippen molar-refractivity contribution < 1.29 is 19.1 Å². The summed E-state index contributed by atoms with van der Waals surface area (Å²) in [6.07, 6.45) is 0.911. The lowest BCUT2D eigenvalue weighted by molar-refractivity contribution is -0.119. The Morgan fingerprint density at radius 1 is 0.812 bits per heavy atom. The molecule has 0 atom stereocenters. The summed E-state index contributed by atoms with van der Waals surface area (Å²) in [5.41, 5.74) is 1.58. The second-order valence-corrected chi connectivity index (χ2v) is 8.22. The van der Waals surface area contributed by atoms with Crippen molar-refractivity contribution in [1.82, 2.24) is 0 Å². The largest absolute Gasteiger partial charge is 0.497 e. The number of hydrogen-bond donors (Lipinski definition) is 0. The number of nitrogens with zero attached hydrogens (tertiary/aromatic N) is 1. The zero-order valence-corrected chi connectivity index (χ0v) is 18.7. The molecule has 32 heavy (non-hydrogen) atoms. The monoisotopic (exact) mass is 445 g/mol. The predicted molar refractivity (Wildman–Crippen MR) is 127 cm³/mol. The lowest BCUT2D eigenvalue weighted by atomic mass is 10.1. The van der Waals surface area contributed by atoms with Gasteiger partial charge in [-0.3, -0.25) is 9.59 Å². The number of imide groups is 1. The predicted octanol–water partition coefficient (Wildman–Crippen LogP) is 5.56. The lowest BCUT2D eigenvalue weighted by Gasteiger charge is -2.15. The average molecular weight is 446 g/mol. The summed E-state index contributed by atoms with van der Waals surface area (Å²) in [6.45, 7) is 2.67. The summed E-state index contributed by atoms with van der Waals surface area (Å²) >= 11 is 1.30. The van der Waals surface area contributed by atoms with Gasteiger partial charge < -0.3 is 9.47 Å². The molecule has 162 valence electrons. The van der Waals surface area contributed by atoms with E-state index in [4.69, 9.17) is 9.47 Å². The maximum absolute atomic E-state index is 13.5. The third-order valence-electron chi connectivity index (χ3n) is 4.95. The second kappa shape index (κ2) is 9.75. The first kappa shape index (κ1) is 21.7. The molecule has 1 aliphatic rings. The molecule has 0 fully saturated rings. The number of benzene rings is 3. The van der Waals surface area contributed by atoms with Gasteiger partial charge in [-0.15, -0.1) is 0 Å². The third-order valence-corrected chi connectivity index (χ3v) is 6.04. The first-order chi connectivity index (χ1) is 15.6. The fraction of sp³-hybridized carbons (Fsp3) is 0.154. The van der Waals surface area contributed by atoms with Crippen LogP contribution in [-0.4, -0.2) is 25.5 Å². The van der Waals surface area contributed by atoms with Gasteiger partial charge in [0.05, 0.1) is 29.9 Å². The molecule has 0 bridgehead atoms. The van der Waals surface area contributed by atoms with E-state index in [1.54, 1.807) is 31.4 Å². The van der Waals surface area contributed by atoms with Crippen molar-refractivity contribution in [2.24, 2.45) is 0 Å². The van der Waals surface area contributed by atoms with Crippen LogP contribution in [0.2, 0.25) is 0 Å². The molecule has 0 unspecified atom stereocenters. The van der Waals surface area contributed by atoms with E-state index in [2.05, 4.69) is 0 Å². The SMILES string of the molecule is CCCOc1ccc(C2=C(Sc3ccccc3)C(=O)N(c3ccc(OC)cc3)C2=O)cc1. The summed E-state index contributed by atoms with van der Waals surface area (Å²) in [5.74, 6) is 0.705. The van der Waals surface area contributed by atoms with Gasteiger partial charge in [0.2, 0.25) is 0 Å². The van der Waals surface area contributed by atoms with Gasteiger partial charge in [0.1, 0.15) is 11.5 Å². The van der Waals surface area contributed by atoms with Crippen molar-refractivity contribution in [2.45, 2.75) is 18.2 Å². The van der Waals surface area contributed by atoms with E-state index in [0.29, 0.717) is 34.1 Å². The minimum atomic E-state index is -0.346. The molecule has 0 aliphatic carbocycles. The molecule has 3 aromatic carbocycles. The van der Waals surface area contributed by atoms with Crippen LogP contribution in [0.4, 0.5) is 5.69 Å². The van der Waals surface area contributed by atoms with Crippen LogP contribution < -0.4 is 14.4 Å². The number of amides is 2. The van der Waals surface area contributed by atoms with Gasteiger partial charge in [0.15, 0.2) is 0 Å². The Bertz CT molecular complexity index is 1140. The van der Waals surface area contributed by atoms with Crippen LogP contribution in [-0.2, 0) is 9.59 Å². The van der Waals surface area contributed by atoms with Crippen LogP contribution in [0.15, 0.2) is 88.7 Å². The minimum absolute atomic E-state index is 0.338. The Morgan fingerprint density at radius 3 is 2.09 bits per heavy atom. The van der Waals surface area contributed by atoms with Crippen molar-refractivity contribution in [3.05, 3.63) is 89.3 Å². The molecule has 0 aromatic heterocycles. The van der Waals surface area contributed by atoms with Gasteiger partial charge in [0, 0.05) is 4.90 Å². The fourth-order valence-corrected chi connectivity index (χ4v) is 4.38. The highest BCUT2D eigenvalue weighted by atomic mass is 32.2. The van der Waals surface area contributed by atoms with Crippen molar-refractivity contribution in [1.29, 1.82) is 0 Å². The second-order valence-electron chi connectivity index (χ2n) is 7.14. The average Bonchev–Trinajstić information content (AvgIpc) is 3.08. The molecule has 0 radical (unpaired) electrons. The van der Waals surface area contributed by atoms with Crippen molar-refractivity contribution in [3.8, 4) is 11.5 Å². The number of anilines is 1. The molecule has 0 saturated carbocycles. The summed E-state index contributed by atoms with van der Waals surface area (Å²) in [5, 5.41) is 0. The highest BCUT2D eigenvalue weighted by molar-refractivity contribution is 8.04. The maximum atomic E-state index is 13.5. The number of rotatable bonds is 8. The molecule has 5 nitrogen and oxygen atoms in total. The van der Waals surface area contributed by atoms with Gasteiger partial charge in [-0.1, -0.05) is 49.0 Å². The number of hydrogen-bond acceptors (Lipinski definition) is 5. The van der Waals surface area contributed by atoms with Gasteiger partial charge in [-0.05, 0) is 60.5 Å². The topological polar surface area (TPSA) is 55.8 Å². The van der Waals surface area contributed by atoms with E-state index in [-0.39, 0.29) is 11.8 Å². The zero-order chi connectivity index (χ0) is 22.5. The molecule has 0 N–H and O–H groups in total. The van der Waals surface area contributed by atoms with Gasteiger partial charge >= 0.3 is 0 Å². The van der Waals surface area contributed by atoms with Crippen molar-refractivity contribution >= 4 is 34.8 Å². The highest BCUT2D eigenvalue weighted by Gasteiger charge is 2.40. The molecular weight excluding hydrogens is 422 g/mol. The molecule has 0 saturated heterocycles. The van der Waals surface area contributed by atoms with E-state index in [0.717, 1.165) is 17.1 Å².